The van der Waals surface area contributed by atoms with Crippen LogP contribution in [0.2, 0.25) is 0 Å². The average molecular weight is 506 g/mol. The molecule has 1 unspecified atom stereocenters. The summed E-state index contributed by atoms with van der Waals surface area (Å²) >= 11 is 0. The topological polar surface area (TPSA) is 90.0 Å². The number of likely N-dealkylation sites (tertiary alicyclic amines) is 1. The van der Waals surface area contributed by atoms with Crippen LogP contribution in [0.15, 0.2) is 36.4 Å². The number of anilines is 2. The molecular weight excluding hydrogens is 466 g/mol. The zero-order valence-electron chi connectivity index (χ0n) is 21.6. The van der Waals surface area contributed by atoms with Gasteiger partial charge in [0.2, 0.25) is 0 Å². The Hall–Kier alpha value is -2.68. The number of benzene rings is 1. The minimum atomic E-state index is -0.757. The van der Waals surface area contributed by atoms with E-state index in [-0.39, 0.29) is 12.5 Å². The summed E-state index contributed by atoms with van der Waals surface area (Å²) < 4.78 is 5.49. The summed E-state index contributed by atoms with van der Waals surface area (Å²) in [5.41, 5.74) is 4.76. The Bertz CT molecular complexity index is 1090. The zero-order valence-corrected chi connectivity index (χ0v) is 21.6. The van der Waals surface area contributed by atoms with Crippen molar-refractivity contribution in [2.24, 2.45) is 11.8 Å². The van der Waals surface area contributed by atoms with Crippen LogP contribution in [0.4, 0.5) is 11.5 Å². The van der Waals surface area contributed by atoms with Crippen LogP contribution in [0.3, 0.4) is 0 Å². The second-order valence-corrected chi connectivity index (χ2v) is 11.1. The third-order valence-corrected chi connectivity index (χ3v) is 8.55. The van der Waals surface area contributed by atoms with E-state index in [0.717, 1.165) is 88.8 Å². The molecule has 1 aromatic heterocycles. The van der Waals surface area contributed by atoms with Crippen LogP contribution in [0.1, 0.15) is 42.1 Å². The van der Waals surface area contributed by atoms with E-state index in [4.69, 9.17) is 9.72 Å². The predicted molar refractivity (Wildman–Crippen MR) is 144 cm³/mol. The average Bonchev–Trinajstić information content (AvgIpc) is 3.36. The van der Waals surface area contributed by atoms with Crippen LogP contribution in [-0.4, -0.2) is 79.5 Å². The lowest BCUT2D eigenvalue weighted by Gasteiger charge is -2.30. The number of aromatic nitrogens is 1. The van der Waals surface area contributed by atoms with Gasteiger partial charge in [-0.1, -0.05) is 18.2 Å². The fourth-order valence-electron chi connectivity index (χ4n) is 6.48. The number of aryl methyl sites for hydroxylation is 2. The summed E-state index contributed by atoms with van der Waals surface area (Å²) in [5, 5.41) is 16.8. The lowest BCUT2D eigenvalue weighted by atomic mass is 10.0. The number of hydrogen-bond donors (Lipinski definition) is 3. The lowest BCUT2D eigenvalue weighted by Crippen LogP contribution is -2.36. The highest BCUT2D eigenvalue weighted by Gasteiger charge is 2.55. The minimum absolute atomic E-state index is 0.106. The van der Waals surface area contributed by atoms with Gasteiger partial charge in [0.15, 0.2) is 0 Å². The van der Waals surface area contributed by atoms with E-state index >= 15 is 0 Å². The molecule has 2 saturated heterocycles. The molecule has 1 saturated carbocycles. The number of morpholine rings is 1. The van der Waals surface area contributed by atoms with Crippen LogP contribution in [-0.2, 0) is 22.4 Å². The summed E-state index contributed by atoms with van der Waals surface area (Å²) in [6, 6.07) is 13.1. The molecule has 1 aromatic carbocycles. The van der Waals surface area contributed by atoms with Crippen LogP contribution < -0.4 is 15.5 Å². The molecular formula is C29H39N5O3. The van der Waals surface area contributed by atoms with Crippen LogP contribution >= 0.6 is 0 Å². The zero-order chi connectivity index (χ0) is 25.2. The lowest BCUT2D eigenvalue weighted by molar-refractivity contribution is -0.137. The van der Waals surface area contributed by atoms with Crippen molar-refractivity contribution < 1.29 is 14.6 Å². The molecule has 4 heterocycles. The van der Waals surface area contributed by atoms with Crippen molar-refractivity contribution in [1.29, 1.82) is 0 Å². The Morgan fingerprint density at radius 1 is 1.19 bits per heavy atom. The van der Waals surface area contributed by atoms with Gasteiger partial charge in [0.05, 0.1) is 19.6 Å². The van der Waals surface area contributed by atoms with Gasteiger partial charge in [0, 0.05) is 56.2 Å². The molecule has 3 N–H and O–H groups in total. The summed E-state index contributed by atoms with van der Waals surface area (Å²) in [5.74, 6) is 1.59. The molecule has 1 aliphatic carbocycles. The van der Waals surface area contributed by atoms with Gasteiger partial charge < -0.3 is 30.3 Å². The molecule has 4 atom stereocenters. The van der Waals surface area contributed by atoms with E-state index in [2.05, 4.69) is 56.8 Å². The maximum atomic E-state index is 11.7. The molecule has 3 fully saturated rings. The normalized spacial score (nSPS) is 25.7. The molecule has 8 heteroatoms. The van der Waals surface area contributed by atoms with Crippen molar-refractivity contribution in [2.45, 2.75) is 44.2 Å². The van der Waals surface area contributed by atoms with Crippen molar-refractivity contribution in [3.05, 3.63) is 53.2 Å². The first-order valence-corrected chi connectivity index (χ1v) is 14.0. The second-order valence-electron chi connectivity index (χ2n) is 11.1. The van der Waals surface area contributed by atoms with E-state index in [1.807, 2.05) is 0 Å². The number of nitrogens with zero attached hydrogens (tertiary/aromatic N) is 3. The molecule has 37 heavy (non-hydrogen) atoms. The number of carboxylic acids is 1. The van der Waals surface area contributed by atoms with Gasteiger partial charge in [0.25, 0.3) is 0 Å². The quantitative estimate of drug-likeness (QED) is 0.454. The molecule has 0 amide bonds. The van der Waals surface area contributed by atoms with E-state index in [1.54, 1.807) is 0 Å². The van der Waals surface area contributed by atoms with Gasteiger partial charge in [-0.05, 0) is 73.4 Å². The van der Waals surface area contributed by atoms with E-state index in [0.29, 0.717) is 17.9 Å². The summed E-state index contributed by atoms with van der Waals surface area (Å²) in [4.78, 5) is 21.4. The molecule has 0 bridgehead atoms. The summed E-state index contributed by atoms with van der Waals surface area (Å²) in [6.07, 6.45) is 4.57. The van der Waals surface area contributed by atoms with Gasteiger partial charge in [-0.3, -0.25) is 4.79 Å². The summed E-state index contributed by atoms with van der Waals surface area (Å²) in [6.45, 7) is 7.58. The Morgan fingerprint density at radius 2 is 2.03 bits per heavy atom. The highest BCUT2D eigenvalue weighted by Crippen LogP contribution is 2.47. The van der Waals surface area contributed by atoms with E-state index in [9.17, 15) is 9.90 Å². The van der Waals surface area contributed by atoms with Crippen molar-refractivity contribution >= 4 is 17.5 Å². The molecule has 8 nitrogen and oxygen atoms in total. The molecule has 4 aliphatic rings. The molecule has 0 radical (unpaired) electrons. The number of pyridine rings is 1. The maximum absolute atomic E-state index is 11.7. The number of rotatable bonds is 10. The number of hydrogen-bond acceptors (Lipinski definition) is 7. The van der Waals surface area contributed by atoms with Crippen LogP contribution in [0.25, 0.3) is 0 Å². The second kappa shape index (κ2) is 11.0. The highest BCUT2D eigenvalue weighted by molar-refractivity contribution is 5.68. The first kappa shape index (κ1) is 24.6. The van der Waals surface area contributed by atoms with Crippen LogP contribution in [0, 0.1) is 11.8 Å². The maximum Gasteiger partial charge on any atom is 0.305 e. The molecule has 0 spiro atoms. The number of ether oxygens (including phenoxy) is 1. The molecule has 198 valence electrons. The van der Waals surface area contributed by atoms with Gasteiger partial charge in [-0.25, -0.2) is 4.98 Å². The monoisotopic (exact) mass is 505 g/mol. The number of carbonyl (C=O) groups is 1. The fraction of sp³-hybridized carbons (Fsp3) is 0.586. The Morgan fingerprint density at radius 3 is 2.84 bits per heavy atom. The van der Waals surface area contributed by atoms with Crippen molar-refractivity contribution in [1.82, 2.24) is 15.2 Å². The van der Waals surface area contributed by atoms with Crippen molar-refractivity contribution in [2.75, 3.05) is 62.7 Å². The SMILES string of the molecule is O=C(O)C[C@H](NC1[C@H]2CN(CCCc3ccc4c(n3)NCCC4)C[C@@H]12)c1cccc(N2CCOCC2)c1. The highest BCUT2D eigenvalue weighted by atomic mass is 16.5. The Kier molecular flexibility index (Phi) is 7.31. The third kappa shape index (κ3) is 5.76. The first-order chi connectivity index (χ1) is 18.1. The van der Waals surface area contributed by atoms with E-state index < -0.39 is 5.97 Å². The number of carboxylic acid groups (broad SMARTS) is 1. The predicted octanol–water partition coefficient (Wildman–Crippen LogP) is 2.94. The summed E-state index contributed by atoms with van der Waals surface area (Å²) in [7, 11) is 0. The number of piperidine rings is 1. The molecule has 3 aliphatic heterocycles. The number of aliphatic carboxylic acids is 1. The van der Waals surface area contributed by atoms with Gasteiger partial charge in [-0.2, -0.15) is 0 Å². The smallest absolute Gasteiger partial charge is 0.305 e. The van der Waals surface area contributed by atoms with Gasteiger partial charge >= 0.3 is 5.97 Å². The number of fused-ring (bicyclic) bond motifs is 2. The first-order valence-electron chi connectivity index (χ1n) is 14.0. The van der Waals surface area contributed by atoms with Gasteiger partial charge in [-0.15, -0.1) is 0 Å². The standard InChI is InChI=1S/C29H39N5O3/c35-27(36)17-26(21-4-1-7-23(16-21)34-12-14-37-15-13-34)32-28-24-18-33(19-25(24)28)11-3-6-22-9-8-20-5-2-10-30-29(20)31-22/h1,4,7-9,16,24-26,28,32H,2-3,5-6,10-15,17-19H2,(H,30,31)(H,35,36)/t24-,25+,26-,28?/m0/s1. The van der Waals surface area contributed by atoms with E-state index in [1.165, 1.54) is 17.7 Å². The Labute approximate surface area is 219 Å². The molecule has 2 aromatic rings. The minimum Gasteiger partial charge on any atom is -0.481 e. The Balaban J connectivity index is 0.997. The largest absolute Gasteiger partial charge is 0.481 e. The van der Waals surface area contributed by atoms with Gasteiger partial charge in [0.1, 0.15) is 5.82 Å². The third-order valence-electron chi connectivity index (χ3n) is 8.55. The fourth-order valence-corrected chi connectivity index (χ4v) is 6.48. The van der Waals surface area contributed by atoms with Crippen molar-refractivity contribution in [3.8, 4) is 0 Å². The number of nitrogens with one attached hydrogen (secondary N) is 2. The van der Waals surface area contributed by atoms with Crippen molar-refractivity contribution in [3.63, 3.8) is 0 Å². The van der Waals surface area contributed by atoms with Crippen LogP contribution in [0.5, 0.6) is 0 Å². The molecule has 6 rings (SSSR count).